The smallest absolute Gasteiger partial charge is 0.317 e. The van der Waals surface area contributed by atoms with Crippen LogP contribution in [0.25, 0.3) is 0 Å². The summed E-state index contributed by atoms with van der Waals surface area (Å²) in [5.41, 5.74) is -1.39. The van der Waals surface area contributed by atoms with E-state index in [2.05, 4.69) is 0 Å². The normalized spacial score (nSPS) is 17.6. The van der Waals surface area contributed by atoms with Crippen molar-refractivity contribution in [1.29, 1.82) is 0 Å². The Hall–Kier alpha value is -2.77. The van der Waals surface area contributed by atoms with Gasteiger partial charge in [0.2, 0.25) is 0 Å². The molecule has 164 valence electrons. The molecule has 1 heterocycles. The van der Waals surface area contributed by atoms with E-state index < -0.39 is 68.0 Å². The molecule has 29 heavy (non-hydrogen) atoms. The minimum atomic E-state index is -1.39. The first-order valence-electron chi connectivity index (χ1n) is 8.72. The summed E-state index contributed by atoms with van der Waals surface area (Å²) in [7, 11) is 0. The Morgan fingerprint density at radius 1 is 0.690 bits per heavy atom. The topological polar surface area (TPSA) is 196 Å². The van der Waals surface area contributed by atoms with E-state index in [0.29, 0.717) is 0 Å². The molecule has 0 saturated carbocycles. The van der Waals surface area contributed by atoms with Crippen molar-refractivity contribution in [2.75, 3.05) is 52.4 Å². The third kappa shape index (κ3) is 8.41. The predicted octanol–water partition coefficient (Wildman–Crippen LogP) is -2.15. The van der Waals surface area contributed by atoms with Crippen molar-refractivity contribution < 1.29 is 49.5 Å². The van der Waals surface area contributed by atoms with Crippen LogP contribution in [-0.2, 0) is 24.0 Å². The standard InChI is InChI=1S/C16H25N3O10/c20-11(21)1-2-16(19(7-14(26)27)8-15(28)29)9-17(5-12(22)23)3-4-18(10-16)6-13(24)25/h1-10H2,(H,20,21)(H,22,23)(H,24,25)(H,26,27)(H,28,29). The number of carbonyl (C=O) groups is 5. The molecule has 0 atom stereocenters. The van der Waals surface area contributed by atoms with Crippen LogP contribution in [0.4, 0.5) is 0 Å². The van der Waals surface area contributed by atoms with Crippen LogP contribution in [0, 0.1) is 0 Å². The largest absolute Gasteiger partial charge is 0.481 e. The second kappa shape index (κ2) is 10.7. The van der Waals surface area contributed by atoms with Crippen molar-refractivity contribution in [1.82, 2.24) is 14.7 Å². The highest BCUT2D eigenvalue weighted by Gasteiger charge is 2.44. The quantitative estimate of drug-likeness (QED) is 0.230. The van der Waals surface area contributed by atoms with Gasteiger partial charge in [0, 0.05) is 38.1 Å². The van der Waals surface area contributed by atoms with Crippen LogP contribution in [0.1, 0.15) is 12.8 Å². The molecule has 0 aromatic heterocycles. The van der Waals surface area contributed by atoms with Crippen molar-refractivity contribution in [2.24, 2.45) is 0 Å². The van der Waals surface area contributed by atoms with Gasteiger partial charge < -0.3 is 25.5 Å². The van der Waals surface area contributed by atoms with Crippen LogP contribution in [0.15, 0.2) is 0 Å². The Morgan fingerprint density at radius 2 is 1.10 bits per heavy atom. The molecule has 1 saturated heterocycles. The first kappa shape index (κ1) is 24.3. The summed E-state index contributed by atoms with van der Waals surface area (Å²) in [5, 5.41) is 45.9. The van der Waals surface area contributed by atoms with Gasteiger partial charge in [-0.3, -0.25) is 38.7 Å². The minimum Gasteiger partial charge on any atom is -0.481 e. The van der Waals surface area contributed by atoms with E-state index in [4.69, 9.17) is 15.3 Å². The van der Waals surface area contributed by atoms with Gasteiger partial charge in [0.15, 0.2) is 0 Å². The molecule has 1 fully saturated rings. The fourth-order valence-corrected chi connectivity index (χ4v) is 3.55. The van der Waals surface area contributed by atoms with Gasteiger partial charge in [-0.05, 0) is 6.42 Å². The molecule has 0 radical (unpaired) electrons. The maximum Gasteiger partial charge on any atom is 0.317 e. The lowest BCUT2D eigenvalue weighted by atomic mass is 9.89. The monoisotopic (exact) mass is 419 g/mol. The highest BCUT2D eigenvalue weighted by atomic mass is 16.4. The molecule has 0 unspecified atom stereocenters. The molecule has 5 N–H and O–H groups in total. The molecule has 1 rings (SSSR count). The molecular weight excluding hydrogens is 394 g/mol. The van der Waals surface area contributed by atoms with E-state index >= 15 is 0 Å². The zero-order valence-corrected chi connectivity index (χ0v) is 15.7. The highest BCUT2D eigenvalue weighted by Crippen LogP contribution is 2.27. The van der Waals surface area contributed by atoms with Crippen LogP contribution in [0.2, 0.25) is 0 Å². The maximum absolute atomic E-state index is 11.4. The molecule has 0 aromatic rings. The fourth-order valence-electron chi connectivity index (χ4n) is 3.55. The molecule has 13 nitrogen and oxygen atoms in total. The zero-order chi connectivity index (χ0) is 22.2. The van der Waals surface area contributed by atoms with E-state index in [0.717, 1.165) is 4.90 Å². The number of hydrogen-bond donors (Lipinski definition) is 5. The second-order valence-corrected chi connectivity index (χ2v) is 6.97. The summed E-state index contributed by atoms with van der Waals surface area (Å²) in [5.74, 6) is -6.24. The van der Waals surface area contributed by atoms with Gasteiger partial charge in [-0.15, -0.1) is 0 Å². The van der Waals surface area contributed by atoms with E-state index in [9.17, 15) is 34.2 Å². The summed E-state index contributed by atoms with van der Waals surface area (Å²) in [6, 6.07) is 0. The first-order valence-corrected chi connectivity index (χ1v) is 8.72. The van der Waals surface area contributed by atoms with E-state index in [1.807, 2.05) is 0 Å². The lowest BCUT2D eigenvalue weighted by molar-refractivity contribution is -0.148. The Kier molecular flexibility index (Phi) is 8.94. The van der Waals surface area contributed by atoms with E-state index in [1.54, 1.807) is 0 Å². The van der Waals surface area contributed by atoms with E-state index in [-0.39, 0.29) is 32.6 Å². The third-order valence-electron chi connectivity index (χ3n) is 4.61. The average Bonchev–Trinajstić information content (AvgIpc) is 2.71. The van der Waals surface area contributed by atoms with Crippen LogP contribution >= 0.6 is 0 Å². The van der Waals surface area contributed by atoms with Gasteiger partial charge in [-0.1, -0.05) is 0 Å². The summed E-state index contributed by atoms with van der Waals surface area (Å²) < 4.78 is 0. The number of nitrogens with zero attached hydrogens (tertiary/aromatic N) is 3. The van der Waals surface area contributed by atoms with Crippen molar-refractivity contribution >= 4 is 29.8 Å². The summed E-state index contributed by atoms with van der Waals surface area (Å²) in [6.07, 6.45) is -0.618. The van der Waals surface area contributed by atoms with Crippen molar-refractivity contribution in [3.05, 3.63) is 0 Å². The first-order chi connectivity index (χ1) is 13.4. The number of rotatable bonds is 12. The molecule has 0 aliphatic carbocycles. The van der Waals surface area contributed by atoms with Crippen LogP contribution < -0.4 is 0 Å². The SMILES string of the molecule is O=C(O)CCC1(N(CC(=O)O)CC(=O)O)CN(CC(=O)O)CCN(CC(=O)O)C1. The van der Waals surface area contributed by atoms with Crippen molar-refractivity contribution in [3.63, 3.8) is 0 Å². The minimum absolute atomic E-state index is 0.122. The van der Waals surface area contributed by atoms with Gasteiger partial charge in [-0.25, -0.2) is 0 Å². The number of carboxylic acid groups (broad SMARTS) is 5. The summed E-state index contributed by atoms with van der Waals surface area (Å²) in [6.45, 7) is -2.30. The Balaban J connectivity index is 3.40. The molecule has 1 aliphatic heterocycles. The molecule has 0 amide bonds. The van der Waals surface area contributed by atoms with Gasteiger partial charge >= 0.3 is 29.8 Å². The predicted molar refractivity (Wildman–Crippen MR) is 94.6 cm³/mol. The number of carboxylic acids is 5. The van der Waals surface area contributed by atoms with Gasteiger partial charge in [0.1, 0.15) is 0 Å². The molecular formula is C16H25N3O10. The van der Waals surface area contributed by atoms with Crippen molar-refractivity contribution in [2.45, 2.75) is 18.4 Å². The molecule has 0 aromatic carbocycles. The lowest BCUT2D eigenvalue weighted by Gasteiger charge is -2.45. The maximum atomic E-state index is 11.4. The number of aliphatic carboxylic acids is 5. The highest BCUT2D eigenvalue weighted by molar-refractivity contribution is 5.73. The summed E-state index contributed by atoms with van der Waals surface area (Å²) in [4.78, 5) is 60.2. The fraction of sp³-hybridized carbons (Fsp3) is 0.688. The van der Waals surface area contributed by atoms with Gasteiger partial charge in [0.25, 0.3) is 0 Å². The van der Waals surface area contributed by atoms with Crippen molar-refractivity contribution in [3.8, 4) is 0 Å². The molecule has 0 spiro atoms. The molecule has 0 bridgehead atoms. The summed E-state index contributed by atoms with van der Waals surface area (Å²) >= 11 is 0. The number of hydrogen-bond acceptors (Lipinski definition) is 8. The van der Waals surface area contributed by atoms with Crippen LogP contribution in [-0.4, -0.2) is 128 Å². The Morgan fingerprint density at radius 3 is 1.41 bits per heavy atom. The lowest BCUT2D eigenvalue weighted by Crippen LogP contribution is -2.62. The second-order valence-electron chi connectivity index (χ2n) is 6.97. The Bertz CT molecular complexity index is 611. The van der Waals surface area contributed by atoms with E-state index in [1.165, 1.54) is 9.80 Å². The van der Waals surface area contributed by atoms with Gasteiger partial charge in [-0.2, -0.15) is 0 Å². The average molecular weight is 419 g/mol. The van der Waals surface area contributed by atoms with Crippen LogP contribution in [0.3, 0.4) is 0 Å². The van der Waals surface area contributed by atoms with Crippen LogP contribution in [0.5, 0.6) is 0 Å². The molecule has 1 aliphatic rings. The Labute approximate surface area is 165 Å². The van der Waals surface area contributed by atoms with Gasteiger partial charge in [0.05, 0.1) is 26.2 Å². The molecule has 13 heteroatoms. The zero-order valence-electron chi connectivity index (χ0n) is 15.7. The third-order valence-corrected chi connectivity index (χ3v) is 4.61.